The highest BCUT2D eigenvalue weighted by atomic mass is 16.2. The average molecular weight is 281 g/mol. The maximum atomic E-state index is 13.1. The fraction of sp³-hybridized carbons (Fsp3) is 0.867. The van der Waals surface area contributed by atoms with E-state index in [0.29, 0.717) is 0 Å². The molecule has 1 saturated heterocycles. The predicted octanol–water partition coefficient (Wildman–Crippen LogP) is 1.02. The summed E-state index contributed by atoms with van der Waals surface area (Å²) in [5.74, 6) is -0.266. The second-order valence-corrected chi connectivity index (χ2v) is 6.25. The number of hydrogen-bond donors (Lipinski definition) is 2. The van der Waals surface area contributed by atoms with Gasteiger partial charge in [0.2, 0.25) is 11.8 Å². The number of nitrogens with zero attached hydrogens (tertiary/aromatic N) is 1. The summed E-state index contributed by atoms with van der Waals surface area (Å²) in [6.45, 7) is 3.85. The molecule has 2 fully saturated rings. The highest BCUT2D eigenvalue weighted by molar-refractivity contribution is 5.88. The maximum absolute atomic E-state index is 13.1. The van der Waals surface area contributed by atoms with Crippen molar-refractivity contribution in [3.05, 3.63) is 0 Å². The molecule has 0 aromatic carbocycles. The molecule has 2 aliphatic rings. The second kappa shape index (κ2) is 6.57. The Balaban J connectivity index is 2.17. The van der Waals surface area contributed by atoms with Gasteiger partial charge in [-0.05, 0) is 38.6 Å². The third kappa shape index (κ3) is 3.14. The van der Waals surface area contributed by atoms with E-state index in [1.807, 2.05) is 0 Å². The summed E-state index contributed by atoms with van der Waals surface area (Å²) >= 11 is 0. The Morgan fingerprint density at radius 2 is 2.00 bits per heavy atom. The van der Waals surface area contributed by atoms with E-state index in [9.17, 15) is 9.59 Å². The monoisotopic (exact) mass is 281 g/mol. The van der Waals surface area contributed by atoms with Crippen LogP contribution in [0.5, 0.6) is 0 Å². The molecule has 0 bridgehead atoms. The standard InChI is InChI=1S/C15H27N3O2/c1-2-15(8-5-9-17-11-15)14(20)18(10-13(16)19)12-6-3-4-7-12/h12,17H,2-11H2,1H3,(H2,16,19). The summed E-state index contributed by atoms with van der Waals surface area (Å²) in [6, 6.07) is 0.209. The van der Waals surface area contributed by atoms with Gasteiger partial charge in [0.25, 0.3) is 0 Å². The van der Waals surface area contributed by atoms with E-state index in [-0.39, 0.29) is 23.9 Å². The Labute approximate surface area is 121 Å². The lowest BCUT2D eigenvalue weighted by Gasteiger charge is -2.41. The first-order valence-corrected chi connectivity index (χ1v) is 7.89. The molecule has 1 aliphatic heterocycles. The van der Waals surface area contributed by atoms with Crippen LogP contribution < -0.4 is 11.1 Å². The lowest BCUT2D eigenvalue weighted by molar-refractivity contribution is -0.148. The highest BCUT2D eigenvalue weighted by Crippen LogP contribution is 2.35. The van der Waals surface area contributed by atoms with Crippen LogP contribution in [0.1, 0.15) is 51.9 Å². The first-order chi connectivity index (χ1) is 9.59. The predicted molar refractivity (Wildman–Crippen MR) is 78.0 cm³/mol. The molecule has 1 aliphatic carbocycles. The molecule has 2 amide bonds. The lowest BCUT2D eigenvalue weighted by Crippen LogP contribution is -2.55. The van der Waals surface area contributed by atoms with Crippen molar-refractivity contribution in [3.8, 4) is 0 Å². The Bertz CT molecular complexity index is 358. The summed E-state index contributed by atoms with van der Waals surface area (Å²) in [7, 11) is 0. The number of piperidine rings is 1. The van der Waals surface area contributed by atoms with E-state index in [2.05, 4.69) is 12.2 Å². The van der Waals surface area contributed by atoms with Crippen molar-refractivity contribution in [2.45, 2.75) is 57.9 Å². The van der Waals surface area contributed by atoms with Crippen LogP contribution in [0.15, 0.2) is 0 Å². The van der Waals surface area contributed by atoms with Gasteiger partial charge in [-0.1, -0.05) is 19.8 Å². The van der Waals surface area contributed by atoms with Crippen LogP contribution in [0.25, 0.3) is 0 Å². The second-order valence-electron chi connectivity index (χ2n) is 6.25. The zero-order valence-electron chi connectivity index (χ0n) is 12.5. The van der Waals surface area contributed by atoms with Crippen LogP contribution in [0, 0.1) is 5.41 Å². The summed E-state index contributed by atoms with van der Waals surface area (Å²) in [6.07, 6.45) is 7.06. The van der Waals surface area contributed by atoms with Crippen molar-refractivity contribution in [2.24, 2.45) is 11.1 Å². The number of carbonyl (C=O) groups is 2. The molecule has 114 valence electrons. The molecule has 0 aromatic heterocycles. The van der Waals surface area contributed by atoms with Gasteiger partial charge in [0.1, 0.15) is 0 Å². The van der Waals surface area contributed by atoms with Crippen molar-refractivity contribution in [1.29, 1.82) is 0 Å². The number of rotatable bonds is 5. The first-order valence-electron chi connectivity index (χ1n) is 7.89. The van der Waals surface area contributed by atoms with Crippen molar-refractivity contribution in [1.82, 2.24) is 10.2 Å². The van der Waals surface area contributed by atoms with Crippen LogP contribution in [0.2, 0.25) is 0 Å². The summed E-state index contributed by atoms with van der Waals surface area (Å²) in [4.78, 5) is 26.2. The molecular weight excluding hydrogens is 254 g/mol. The third-order valence-electron chi connectivity index (χ3n) is 4.96. The van der Waals surface area contributed by atoms with Gasteiger partial charge in [-0.15, -0.1) is 0 Å². The topological polar surface area (TPSA) is 75.4 Å². The molecule has 1 unspecified atom stereocenters. The highest BCUT2D eigenvalue weighted by Gasteiger charge is 2.43. The smallest absolute Gasteiger partial charge is 0.237 e. The summed E-state index contributed by atoms with van der Waals surface area (Å²) in [5.41, 5.74) is 5.03. The Morgan fingerprint density at radius 1 is 1.30 bits per heavy atom. The Kier molecular flexibility index (Phi) is 5.02. The molecule has 1 atom stereocenters. The molecule has 1 heterocycles. The van der Waals surface area contributed by atoms with Crippen molar-refractivity contribution in [2.75, 3.05) is 19.6 Å². The van der Waals surface area contributed by atoms with E-state index in [1.54, 1.807) is 4.90 Å². The van der Waals surface area contributed by atoms with Crippen molar-refractivity contribution < 1.29 is 9.59 Å². The largest absolute Gasteiger partial charge is 0.368 e. The molecule has 0 spiro atoms. The van der Waals surface area contributed by atoms with E-state index in [4.69, 9.17) is 5.73 Å². The SMILES string of the molecule is CCC1(C(=O)N(CC(N)=O)C2CCCC2)CCCNC1. The Morgan fingerprint density at radius 3 is 2.50 bits per heavy atom. The number of primary amides is 1. The number of hydrogen-bond acceptors (Lipinski definition) is 3. The molecular formula is C15H27N3O2. The summed E-state index contributed by atoms with van der Waals surface area (Å²) < 4.78 is 0. The quantitative estimate of drug-likeness (QED) is 0.790. The van der Waals surface area contributed by atoms with Gasteiger partial charge in [-0.3, -0.25) is 9.59 Å². The van der Waals surface area contributed by atoms with Crippen LogP contribution >= 0.6 is 0 Å². The molecule has 0 radical (unpaired) electrons. The summed E-state index contributed by atoms with van der Waals surface area (Å²) in [5, 5.41) is 3.34. The van der Waals surface area contributed by atoms with Gasteiger partial charge in [0.15, 0.2) is 0 Å². The van der Waals surface area contributed by atoms with Gasteiger partial charge < -0.3 is 16.0 Å². The Hall–Kier alpha value is -1.10. The normalized spacial score (nSPS) is 27.4. The van der Waals surface area contributed by atoms with Crippen LogP contribution in [-0.2, 0) is 9.59 Å². The van der Waals surface area contributed by atoms with Gasteiger partial charge in [-0.2, -0.15) is 0 Å². The van der Waals surface area contributed by atoms with Gasteiger partial charge in [-0.25, -0.2) is 0 Å². The lowest BCUT2D eigenvalue weighted by atomic mass is 9.76. The van der Waals surface area contributed by atoms with Crippen LogP contribution in [0.3, 0.4) is 0 Å². The van der Waals surface area contributed by atoms with Crippen molar-refractivity contribution >= 4 is 11.8 Å². The molecule has 5 heteroatoms. The number of nitrogens with two attached hydrogens (primary N) is 1. The van der Waals surface area contributed by atoms with Gasteiger partial charge >= 0.3 is 0 Å². The minimum absolute atomic E-state index is 0.0747. The molecule has 1 saturated carbocycles. The van der Waals surface area contributed by atoms with Crippen molar-refractivity contribution in [3.63, 3.8) is 0 Å². The van der Waals surface area contributed by atoms with Gasteiger partial charge in [0, 0.05) is 12.6 Å². The number of carbonyl (C=O) groups excluding carboxylic acids is 2. The van der Waals surface area contributed by atoms with Crippen LogP contribution in [0.4, 0.5) is 0 Å². The van der Waals surface area contributed by atoms with E-state index in [0.717, 1.165) is 58.0 Å². The minimum atomic E-state index is -0.403. The maximum Gasteiger partial charge on any atom is 0.237 e. The van der Waals surface area contributed by atoms with E-state index >= 15 is 0 Å². The average Bonchev–Trinajstić information content (AvgIpc) is 2.98. The fourth-order valence-corrected chi connectivity index (χ4v) is 3.66. The molecule has 3 N–H and O–H groups in total. The van der Waals surface area contributed by atoms with Gasteiger partial charge in [0.05, 0.1) is 12.0 Å². The number of amides is 2. The third-order valence-corrected chi connectivity index (χ3v) is 4.96. The molecule has 0 aromatic rings. The van der Waals surface area contributed by atoms with Crippen LogP contribution in [-0.4, -0.2) is 42.4 Å². The first kappa shape index (κ1) is 15.3. The van der Waals surface area contributed by atoms with E-state index in [1.165, 1.54) is 0 Å². The molecule has 2 rings (SSSR count). The zero-order chi connectivity index (χ0) is 14.6. The number of nitrogens with one attached hydrogen (secondary N) is 1. The molecule has 20 heavy (non-hydrogen) atoms. The zero-order valence-corrected chi connectivity index (χ0v) is 12.5. The minimum Gasteiger partial charge on any atom is -0.368 e. The molecule has 5 nitrogen and oxygen atoms in total. The van der Waals surface area contributed by atoms with E-state index < -0.39 is 5.91 Å². The fourth-order valence-electron chi connectivity index (χ4n) is 3.66.